The summed E-state index contributed by atoms with van der Waals surface area (Å²) in [6.07, 6.45) is 8.54. The maximum atomic E-state index is 4.42. The summed E-state index contributed by atoms with van der Waals surface area (Å²) >= 11 is 1.80. The molecule has 1 aromatic heterocycles. The van der Waals surface area contributed by atoms with E-state index in [0.29, 0.717) is 6.04 Å². The van der Waals surface area contributed by atoms with Crippen LogP contribution in [-0.2, 0) is 6.42 Å². The quantitative estimate of drug-likeness (QED) is 0.872. The van der Waals surface area contributed by atoms with E-state index in [9.17, 15) is 0 Å². The van der Waals surface area contributed by atoms with E-state index in [0.717, 1.165) is 11.8 Å². The summed E-state index contributed by atoms with van der Waals surface area (Å²) in [7, 11) is 2.10. The molecule has 1 aliphatic carbocycles. The van der Waals surface area contributed by atoms with Crippen LogP contribution in [0.5, 0.6) is 0 Å². The standard InChI is InChI=1S/C13H22N2S/c1-3-10-4-5-12(14-2)11(8-10)9-13-15-6-7-16-13/h6-7,10-12,14H,3-5,8-9H2,1-2H3. The predicted octanol–water partition coefficient (Wildman–Crippen LogP) is 3.10. The van der Waals surface area contributed by atoms with Crippen LogP contribution in [0.2, 0.25) is 0 Å². The first-order valence-corrected chi connectivity index (χ1v) is 7.27. The normalized spacial score (nSPS) is 30.5. The molecule has 3 heteroatoms. The number of hydrogen-bond acceptors (Lipinski definition) is 3. The van der Waals surface area contributed by atoms with Gasteiger partial charge in [0.25, 0.3) is 0 Å². The van der Waals surface area contributed by atoms with Gasteiger partial charge < -0.3 is 5.32 Å². The molecule has 3 atom stereocenters. The highest BCUT2D eigenvalue weighted by molar-refractivity contribution is 7.09. The minimum absolute atomic E-state index is 0.701. The first kappa shape index (κ1) is 12.1. The average molecular weight is 238 g/mol. The van der Waals surface area contributed by atoms with Gasteiger partial charge in [0.05, 0.1) is 5.01 Å². The maximum Gasteiger partial charge on any atom is 0.0928 e. The van der Waals surface area contributed by atoms with Crippen molar-refractivity contribution in [3.05, 3.63) is 16.6 Å². The fourth-order valence-electron chi connectivity index (χ4n) is 2.92. The molecular weight excluding hydrogens is 216 g/mol. The molecule has 0 bridgehead atoms. The average Bonchev–Trinajstić information content (AvgIpc) is 2.82. The highest BCUT2D eigenvalue weighted by Crippen LogP contribution is 2.33. The molecule has 1 saturated carbocycles. The Morgan fingerprint density at radius 2 is 2.38 bits per heavy atom. The van der Waals surface area contributed by atoms with E-state index in [1.807, 2.05) is 6.20 Å². The fraction of sp³-hybridized carbons (Fsp3) is 0.769. The van der Waals surface area contributed by atoms with Crippen LogP contribution >= 0.6 is 11.3 Å². The SMILES string of the molecule is CCC1CCC(NC)C(Cc2nccs2)C1. The molecule has 0 radical (unpaired) electrons. The van der Waals surface area contributed by atoms with Crippen LogP contribution in [0.15, 0.2) is 11.6 Å². The van der Waals surface area contributed by atoms with Gasteiger partial charge in [-0.1, -0.05) is 13.3 Å². The summed E-state index contributed by atoms with van der Waals surface area (Å²) in [4.78, 5) is 4.42. The first-order chi connectivity index (χ1) is 7.83. The van der Waals surface area contributed by atoms with E-state index in [1.54, 1.807) is 11.3 Å². The van der Waals surface area contributed by atoms with Gasteiger partial charge in [-0.3, -0.25) is 0 Å². The molecule has 0 saturated heterocycles. The zero-order chi connectivity index (χ0) is 11.4. The van der Waals surface area contributed by atoms with Gasteiger partial charge in [0.15, 0.2) is 0 Å². The Balaban J connectivity index is 1.97. The molecule has 1 aromatic rings. The minimum atomic E-state index is 0.701. The van der Waals surface area contributed by atoms with E-state index in [1.165, 1.54) is 37.1 Å². The largest absolute Gasteiger partial charge is 0.317 e. The number of aromatic nitrogens is 1. The van der Waals surface area contributed by atoms with Gasteiger partial charge in [-0.15, -0.1) is 11.3 Å². The van der Waals surface area contributed by atoms with E-state index in [-0.39, 0.29) is 0 Å². The second-order valence-corrected chi connectivity index (χ2v) is 5.85. The van der Waals surface area contributed by atoms with Crippen molar-refractivity contribution in [2.75, 3.05) is 7.05 Å². The van der Waals surface area contributed by atoms with Crippen LogP contribution in [0, 0.1) is 11.8 Å². The first-order valence-electron chi connectivity index (χ1n) is 6.39. The van der Waals surface area contributed by atoms with Crippen molar-refractivity contribution in [1.82, 2.24) is 10.3 Å². The maximum absolute atomic E-state index is 4.42. The lowest BCUT2D eigenvalue weighted by Crippen LogP contribution is -2.39. The van der Waals surface area contributed by atoms with Crippen LogP contribution in [0.1, 0.15) is 37.6 Å². The van der Waals surface area contributed by atoms with Gasteiger partial charge in [-0.2, -0.15) is 0 Å². The monoisotopic (exact) mass is 238 g/mol. The smallest absolute Gasteiger partial charge is 0.0928 e. The van der Waals surface area contributed by atoms with Gasteiger partial charge in [0, 0.05) is 24.0 Å². The lowest BCUT2D eigenvalue weighted by Gasteiger charge is -2.35. The molecule has 90 valence electrons. The summed E-state index contributed by atoms with van der Waals surface area (Å²) < 4.78 is 0. The second kappa shape index (κ2) is 5.78. The van der Waals surface area contributed by atoms with E-state index < -0.39 is 0 Å². The second-order valence-electron chi connectivity index (χ2n) is 4.87. The van der Waals surface area contributed by atoms with Crippen LogP contribution in [0.3, 0.4) is 0 Å². The predicted molar refractivity (Wildman–Crippen MR) is 69.8 cm³/mol. The molecule has 1 fully saturated rings. The van der Waals surface area contributed by atoms with Gasteiger partial charge in [-0.05, 0) is 38.1 Å². The Kier molecular flexibility index (Phi) is 4.36. The molecule has 0 aromatic carbocycles. The van der Waals surface area contributed by atoms with E-state index in [4.69, 9.17) is 0 Å². The van der Waals surface area contributed by atoms with Gasteiger partial charge in [0.1, 0.15) is 0 Å². The molecule has 16 heavy (non-hydrogen) atoms. The van der Waals surface area contributed by atoms with Crippen molar-refractivity contribution in [1.29, 1.82) is 0 Å². The lowest BCUT2D eigenvalue weighted by atomic mass is 9.75. The molecule has 1 N–H and O–H groups in total. The van der Waals surface area contributed by atoms with Crippen molar-refractivity contribution in [3.63, 3.8) is 0 Å². The molecule has 0 aliphatic heterocycles. The summed E-state index contributed by atoms with van der Waals surface area (Å²) in [6.45, 7) is 2.32. The molecule has 3 unspecified atom stereocenters. The van der Waals surface area contributed by atoms with E-state index >= 15 is 0 Å². The third kappa shape index (κ3) is 2.83. The number of hydrogen-bond donors (Lipinski definition) is 1. The third-order valence-electron chi connectivity index (χ3n) is 3.96. The zero-order valence-corrected chi connectivity index (χ0v) is 11.1. The van der Waals surface area contributed by atoms with Crippen molar-refractivity contribution in [3.8, 4) is 0 Å². The number of nitrogens with zero attached hydrogens (tertiary/aromatic N) is 1. The summed E-state index contributed by atoms with van der Waals surface area (Å²) in [6, 6.07) is 0.701. The molecule has 1 aliphatic rings. The van der Waals surface area contributed by atoms with Crippen LogP contribution in [-0.4, -0.2) is 18.1 Å². The zero-order valence-electron chi connectivity index (χ0n) is 10.3. The minimum Gasteiger partial charge on any atom is -0.317 e. The van der Waals surface area contributed by atoms with Crippen LogP contribution < -0.4 is 5.32 Å². The Hall–Kier alpha value is -0.410. The van der Waals surface area contributed by atoms with Gasteiger partial charge in [0.2, 0.25) is 0 Å². The van der Waals surface area contributed by atoms with Gasteiger partial charge >= 0.3 is 0 Å². The Morgan fingerprint density at radius 1 is 1.50 bits per heavy atom. The summed E-state index contributed by atoms with van der Waals surface area (Å²) in [5, 5.41) is 6.88. The Labute approximate surface area is 102 Å². The summed E-state index contributed by atoms with van der Waals surface area (Å²) in [5.74, 6) is 1.73. The lowest BCUT2D eigenvalue weighted by molar-refractivity contribution is 0.205. The number of rotatable bonds is 4. The molecular formula is C13H22N2S. The van der Waals surface area contributed by atoms with Crippen LogP contribution in [0.25, 0.3) is 0 Å². The summed E-state index contributed by atoms with van der Waals surface area (Å²) in [5.41, 5.74) is 0. The molecule has 0 spiro atoms. The molecule has 1 heterocycles. The molecule has 0 amide bonds. The highest BCUT2D eigenvalue weighted by Gasteiger charge is 2.29. The topological polar surface area (TPSA) is 24.9 Å². The van der Waals surface area contributed by atoms with Crippen molar-refractivity contribution >= 4 is 11.3 Å². The third-order valence-corrected chi connectivity index (χ3v) is 4.76. The van der Waals surface area contributed by atoms with E-state index in [2.05, 4.69) is 29.7 Å². The molecule has 2 nitrogen and oxygen atoms in total. The molecule has 2 rings (SSSR count). The number of nitrogens with one attached hydrogen (secondary N) is 1. The number of thiazole rings is 1. The Morgan fingerprint density at radius 3 is 3.00 bits per heavy atom. The van der Waals surface area contributed by atoms with Gasteiger partial charge in [-0.25, -0.2) is 4.98 Å². The Bertz CT molecular complexity index is 297. The van der Waals surface area contributed by atoms with Crippen molar-refractivity contribution in [2.45, 2.75) is 45.1 Å². The van der Waals surface area contributed by atoms with Crippen LogP contribution in [0.4, 0.5) is 0 Å². The fourth-order valence-corrected chi connectivity index (χ4v) is 3.63. The van der Waals surface area contributed by atoms with Crippen molar-refractivity contribution < 1.29 is 0 Å². The highest BCUT2D eigenvalue weighted by atomic mass is 32.1. The van der Waals surface area contributed by atoms with Crippen molar-refractivity contribution in [2.24, 2.45) is 11.8 Å².